The van der Waals surface area contributed by atoms with Gasteiger partial charge in [0.05, 0.1) is 13.2 Å². The number of unbranched alkanes of at least 4 members (excludes halogenated alkanes) is 28. The third kappa shape index (κ3) is 19.2. The molecular weight excluding hydrogens is 641 g/mol. The monoisotopic (exact) mass is 719 g/mol. The highest BCUT2D eigenvalue weighted by Gasteiger charge is 2.15. The van der Waals surface area contributed by atoms with Crippen LogP contribution >= 0.6 is 0 Å². The second-order valence-corrected chi connectivity index (χ2v) is 15.5. The molecule has 0 unspecified atom stereocenters. The van der Waals surface area contributed by atoms with Crippen molar-refractivity contribution in [3.05, 3.63) is 48.5 Å². The average molecular weight is 719 g/mol. The fourth-order valence-corrected chi connectivity index (χ4v) is 7.73. The van der Waals surface area contributed by atoms with Gasteiger partial charge in [-0.1, -0.05) is 215 Å². The molecule has 0 saturated heterocycles. The van der Waals surface area contributed by atoms with Crippen LogP contribution in [-0.4, -0.2) is 36.6 Å². The zero-order valence-electron chi connectivity index (χ0n) is 33.4. The van der Waals surface area contributed by atoms with E-state index in [1.807, 2.05) is 0 Å². The minimum atomic E-state index is 0.352. The van der Waals surface area contributed by atoms with Crippen molar-refractivity contribution >= 4 is 21.5 Å². The van der Waals surface area contributed by atoms with Crippen LogP contribution in [0.15, 0.2) is 48.5 Å². The fourth-order valence-electron chi connectivity index (χ4n) is 7.73. The highest BCUT2D eigenvalue weighted by molar-refractivity contribution is 6.11. The summed E-state index contributed by atoms with van der Waals surface area (Å²) in [5.74, 6) is 2.02. The molecule has 0 amide bonds. The van der Waals surface area contributed by atoms with Crippen molar-refractivity contribution in [1.82, 2.24) is 0 Å². The summed E-state index contributed by atoms with van der Waals surface area (Å²) in [6.45, 7) is 2.23. The van der Waals surface area contributed by atoms with Crippen molar-refractivity contribution < 1.29 is 19.7 Å². The maximum atomic E-state index is 8.86. The molecule has 0 aliphatic carbocycles. The minimum absolute atomic E-state index is 0.352. The molecule has 0 bridgehead atoms. The largest absolute Gasteiger partial charge is 0.492 e. The van der Waals surface area contributed by atoms with Crippen LogP contribution in [0.4, 0.5) is 0 Å². The molecule has 0 fully saturated rings. The lowest BCUT2D eigenvalue weighted by atomic mass is 10.0. The molecule has 4 nitrogen and oxygen atoms in total. The summed E-state index contributed by atoms with van der Waals surface area (Å²) in [5.41, 5.74) is 0. The van der Waals surface area contributed by atoms with E-state index < -0.39 is 0 Å². The first-order valence-electron chi connectivity index (χ1n) is 22.3. The molecule has 0 radical (unpaired) electrons. The second-order valence-electron chi connectivity index (χ2n) is 15.5. The van der Waals surface area contributed by atoms with Crippen LogP contribution in [0.5, 0.6) is 11.5 Å². The van der Waals surface area contributed by atoms with E-state index in [0.29, 0.717) is 13.2 Å². The van der Waals surface area contributed by atoms with Crippen molar-refractivity contribution in [1.29, 1.82) is 0 Å². The van der Waals surface area contributed by atoms with Crippen LogP contribution < -0.4 is 9.47 Å². The molecule has 0 heterocycles. The van der Waals surface area contributed by atoms with E-state index in [1.165, 1.54) is 167 Å². The summed E-state index contributed by atoms with van der Waals surface area (Å²) in [6, 6.07) is 17.3. The third-order valence-corrected chi connectivity index (χ3v) is 10.9. The summed E-state index contributed by atoms with van der Waals surface area (Å²) in [6.07, 6.45) is 38.9. The summed E-state index contributed by atoms with van der Waals surface area (Å²) < 4.78 is 13.1. The van der Waals surface area contributed by atoms with E-state index in [2.05, 4.69) is 48.5 Å². The van der Waals surface area contributed by atoms with Gasteiger partial charge in [-0.2, -0.15) is 0 Å². The van der Waals surface area contributed by atoms with Crippen LogP contribution in [0.1, 0.15) is 193 Å². The molecule has 0 saturated carbocycles. The predicted molar refractivity (Wildman–Crippen MR) is 225 cm³/mol. The van der Waals surface area contributed by atoms with Crippen LogP contribution in [0.25, 0.3) is 21.5 Å². The predicted octanol–water partition coefficient (Wildman–Crippen LogP) is 14.4. The fraction of sp³-hybridized carbons (Fsp3) is 0.708. The summed E-state index contributed by atoms with van der Waals surface area (Å²) >= 11 is 0. The van der Waals surface area contributed by atoms with Gasteiger partial charge < -0.3 is 19.7 Å². The van der Waals surface area contributed by atoms with E-state index in [-0.39, 0.29) is 0 Å². The molecule has 0 spiro atoms. The first kappa shape index (κ1) is 44.1. The second kappa shape index (κ2) is 31.1. The molecule has 2 N–H and O–H groups in total. The van der Waals surface area contributed by atoms with Gasteiger partial charge in [-0.15, -0.1) is 0 Å². The van der Waals surface area contributed by atoms with Gasteiger partial charge in [-0.3, -0.25) is 0 Å². The zero-order chi connectivity index (χ0) is 36.6. The Hall–Kier alpha value is -2.30. The van der Waals surface area contributed by atoms with Gasteiger partial charge in [0, 0.05) is 34.8 Å². The molecule has 0 aliphatic heterocycles. The maximum absolute atomic E-state index is 8.86. The molecule has 52 heavy (non-hydrogen) atoms. The summed E-state index contributed by atoms with van der Waals surface area (Å²) in [7, 11) is 0. The topological polar surface area (TPSA) is 58.9 Å². The number of fused-ring (bicyclic) bond motifs is 2. The minimum Gasteiger partial charge on any atom is -0.492 e. The van der Waals surface area contributed by atoms with E-state index >= 15 is 0 Å². The van der Waals surface area contributed by atoms with Crippen molar-refractivity contribution in [3.8, 4) is 11.5 Å². The van der Waals surface area contributed by atoms with Gasteiger partial charge in [0.15, 0.2) is 0 Å². The number of ether oxygens (including phenoxy) is 2. The molecular formula is C48H78O4. The van der Waals surface area contributed by atoms with Crippen LogP contribution in [0.2, 0.25) is 0 Å². The normalized spacial score (nSPS) is 11.6. The lowest BCUT2D eigenvalue weighted by molar-refractivity contribution is 0.282. The smallest absolute Gasteiger partial charge is 0.135 e. The Kier molecular flexibility index (Phi) is 26.4. The Morgan fingerprint density at radius 3 is 0.673 bits per heavy atom. The first-order valence-corrected chi connectivity index (χ1v) is 22.3. The summed E-state index contributed by atoms with van der Waals surface area (Å²) in [4.78, 5) is 0. The lowest BCUT2D eigenvalue weighted by Gasteiger charge is -2.18. The van der Waals surface area contributed by atoms with Crippen LogP contribution in [0, 0.1) is 0 Å². The lowest BCUT2D eigenvalue weighted by Crippen LogP contribution is -2.02. The van der Waals surface area contributed by atoms with Crippen molar-refractivity contribution in [2.24, 2.45) is 0 Å². The number of hydrogen-bond donors (Lipinski definition) is 2. The molecule has 3 aromatic carbocycles. The van der Waals surface area contributed by atoms with E-state index in [4.69, 9.17) is 19.7 Å². The van der Waals surface area contributed by atoms with Crippen molar-refractivity contribution in [3.63, 3.8) is 0 Å². The molecule has 4 heteroatoms. The van der Waals surface area contributed by atoms with Gasteiger partial charge in [0.25, 0.3) is 0 Å². The quantitative estimate of drug-likeness (QED) is 0.0464. The van der Waals surface area contributed by atoms with Gasteiger partial charge in [0.1, 0.15) is 11.5 Å². The third-order valence-electron chi connectivity index (χ3n) is 10.9. The number of aliphatic hydroxyl groups is 2. The molecule has 3 aromatic rings. The number of aliphatic hydroxyl groups excluding tert-OH is 2. The van der Waals surface area contributed by atoms with E-state index in [0.717, 1.165) is 71.9 Å². The number of benzene rings is 3. The average Bonchev–Trinajstić information content (AvgIpc) is 3.17. The van der Waals surface area contributed by atoms with Gasteiger partial charge in [-0.25, -0.2) is 0 Å². The van der Waals surface area contributed by atoms with E-state index in [1.54, 1.807) is 0 Å². The van der Waals surface area contributed by atoms with Crippen molar-refractivity contribution in [2.45, 2.75) is 193 Å². The Bertz CT molecular complexity index is 1100. The first-order chi connectivity index (χ1) is 25.9. The van der Waals surface area contributed by atoms with Gasteiger partial charge in [0.2, 0.25) is 0 Å². The Balaban J connectivity index is 1.27. The van der Waals surface area contributed by atoms with Crippen LogP contribution in [-0.2, 0) is 0 Å². The zero-order valence-corrected chi connectivity index (χ0v) is 33.4. The number of hydrogen-bond acceptors (Lipinski definition) is 4. The highest BCUT2D eigenvalue weighted by atomic mass is 16.5. The van der Waals surface area contributed by atoms with Crippen molar-refractivity contribution in [2.75, 3.05) is 26.4 Å². The van der Waals surface area contributed by atoms with E-state index in [9.17, 15) is 0 Å². The molecule has 0 aromatic heterocycles. The molecule has 3 rings (SSSR count). The standard InChI is InChI=1S/C48H78O4/c49-39-31-23-19-15-11-7-3-1-5-9-13-17-21-25-33-41-51-47-43-35-27-29-37-45(43)48(46-38-30-28-36-44(46)47)52-42-34-26-22-18-14-10-6-2-4-8-12-16-20-24-32-40-50/h27-30,35-38,49-50H,1-26,31-34,39-42H2. The molecule has 294 valence electrons. The molecule has 0 atom stereocenters. The Labute approximate surface area is 319 Å². The summed E-state index contributed by atoms with van der Waals surface area (Å²) in [5, 5.41) is 22.4. The van der Waals surface area contributed by atoms with Gasteiger partial charge in [-0.05, 0) is 25.7 Å². The van der Waals surface area contributed by atoms with Gasteiger partial charge >= 0.3 is 0 Å². The van der Waals surface area contributed by atoms with Crippen LogP contribution in [0.3, 0.4) is 0 Å². The Morgan fingerprint density at radius 1 is 0.269 bits per heavy atom. The number of rotatable bonds is 36. The highest BCUT2D eigenvalue weighted by Crippen LogP contribution is 2.42. The Morgan fingerprint density at radius 2 is 0.462 bits per heavy atom. The molecule has 0 aliphatic rings. The maximum Gasteiger partial charge on any atom is 0.135 e. The SMILES string of the molecule is OCCCCCCCCCCCCCCCCCOc1c2ccccc2c(OCCCCCCCCCCCCCCCCCO)c2ccccc12.